The summed E-state index contributed by atoms with van der Waals surface area (Å²) in [6.07, 6.45) is 3.02. The van der Waals surface area contributed by atoms with Crippen LogP contribution in [0.25, 0.3) is 0 Å². The van der Waals surface area contributed by atoms with E-state index in [1.807, 2.05) is 25.1 Å². The van der Waals surface area contributed by atoms with Crippen LogP contribution in [0.15, 0.2) is 24.3 Å². The van der Waals surface area contributed by atoms with Gasteiger partial charge in [0, 0.05) is 5.56 Å². The van der Waals surface area contributed by atoms with Gasteiger partial charge in [0.15, 0.2) is 0 Å². The second-order valence-corrected chi connectivity index (χ2v) is 4.26. The Morgan fingerprint density at radius 2 is 2.11 bits per heavy atom. The minimum atomic E-state index is -0.933. The summed E-state index contributed by atoms with van der Waals surface area (Å²) in [7, 11) is 0. The molecule has 0 aliphatic carbocycles. The van der Waals surface area contributed by atoms with Crippen LogP contribution in [-0.2, 0) is 4.79 Å². The predicted molar refractivity (Wildman–Crippen MR) is 75.1 cm³/mol. The van der Waals surface area contributed by atoms with Crippen LogP contribution in [0.1, 0.15) is 35.2 Å². The molecule has 5 nitrogen and oxygen atoms in total. The molecule has 0 fully saturated rings. The normalized spacial score (nSPS) is 11.1. The molecule has 0 radical (unpaired) electrons. The van der Waals surface area contributed by atoms with Crippen LogP contribution in [-0.4, -0.2) is 29.9 Å². The number of hydrogen-bond acceptors (Lipinski definition) is 4. The van der Waals surface area contributed by atoms with Crippen molar-refractivity contribution >= 4 is 12.3 Å². The molecule has 0 heterocycles. The molecule has 0 saturated carbocycles. The van der Waals surface area contributed by atoms with Gasteiger partial charge in [-0.1, -0.05) is 30.2 Å². The monoisotopic (exact) mass is 266 g/mol. The van der Waals surface area contributed by atoms with Crippen molar-refractivity contribution in [2.75, 3.05) is 6.54 Å². The van der Waals surface area contributed by atoms with Gasteiger partial charge in [-0.3, -0.25) is 9.59 Å². The number of unbranched alkanes of at least 4 members (excludes halogenated alkanes) is 1. The van der Waals surface area contributed by atoms with Crippen LogP contribution in [0.3, 0.4) is 0 Å². The van der Waals surface area contributed by atoms with E-state index in [1.54, 1.807) is 6.07 Å². The number of rotatable bonds is 6. The molecule has 0 bridgehead atoms. The Kier molecular flexibility index (Phi) is 9.30. The van der Waals surface area contributed by atoms with Crippen LogP contribution in [0.5, 0.6) is 0 Å². The first-order valence-electron chi connectivity index (χ1n) is 6.21. The van der Waals surface area contributed by atoms with Crippen molar-refractivity contribution in [3.05, 3.63) is 35.4 Å². The number of carbonyl (C=O) groups excluding carboxylic acids is 1. The molecule has 106 valence electrons. The van der Waals surface area contributed by atoms with Gasteiger partial charge >= 0.3 is 5.97 Å². The Morgan fingerprint density at radius 3 is 2.53 bits per heavy atom. The second kappa shape index (κ2) is 10.2. The van der Waals surface area contributed by atoms with Crippen LogP contribution >= 0.6 is 0 Å². The highest BCUT2D eigenvalue weighted by Crippen LogP contribution is 1.99. The maximum atomic E-state index is 10.2. The highest BCUT2D eigenvalue weighted by Gasteiger charge is 2.09. The molecule has 5 N–H and O–H groups in total. The molecule has 0 aliphatic heterocycles. The Labute approximate surface area is 113 Å². The summed E-state index contributed by atoms with van der Waals surface area (Å²) in [5, 5.41) is 8.33. The molecular formula is C14H22N2O3. The van der Waals surface area contributed by atoms with Crippen molar-refractivity contribution in [2.45, 2.75) is 32.2 Å². The fraction of sp³-hybridized carbons (Fsp3) is 0.429. The molecule has 1 aromatic carbocycles. The van der Waals surface area contributed by atoms with Gasteiger partial charge in [-0.25, -0.2) is 0 Å². The number of carboxylic acid groups (broad SMARTS) is 1. The molecule has 0 amide bonds. The van der Waals surface area contributed by atoms with Crippen molar-refractivity contribution in [1.82, 2.24) is 0 Å². The lowest BCUT2D eigenvalue weighted by molar-refractivity contribution is -0.138. The Hall–Kier alpha value is -1.72. The summed E-state index contributed by atoms with van der Waals surface area (Å²) in [6, 6.07) is 6.77. The molecule has 1 aromatic rings. The molecular weight excluding hydrogens is 244 g/mol. The predicted octanol–water partition coefficient (Wildman–Crippen LogP) is 1.33. The first-order chi connectivity index (χ1) is 9.01. The number of carboxylic acids is 1. The van der Waals surface area contributed by atoms with Gasteiger partial charge in [0.2, 0.25) is 0 Å². The minimum absolute atomic E-state index is 0.520. The van der Waals surface area contributed by atoms with Crippen molar-refractivity contribution in [2.24, 2.45) is 11.5 Å². The minimum Gasteiger partial charge on any atom is -0.480 e. The van der Waals surface area contributed by atoms with Crippen LogP contribution in [0.4, 0.5) is 0 Å². The molecule has 0 aliphatic rings. The molecule has 1 unspecified atom stereocenters. The van der Waals surface area contributed by atoms with Gasteiger partial charge in [0.05, 0.1) is 0 Å². The quantitative estimate of drug-likeness (QED) is 0.532. The summed E-state index contributed by atoms with van der Waals surface area (Å²) in [5.41, 5.74) is 12.3. The van der Waals surface area contributed by atoms with E-state index in [2.05, 4.69) is 0 Å². The largest absolute Gasteiger partial charge is 0.480 e. The lowest BCUT2D eigenvalue weighted by Gasteiger charge is -2.03. The van der Waals surface area contributed by atoms with Crippen molar-refractivity contribution in [3.8, 4) is 0 Å². The van der Waals surface area contributed by atoms with Gasteiger partial charge < -0.3 is 16.6 Å². The van der Waals surface area contributed by atoms with E-state index in [1.165, 1.54) is 0 Å². The van der Waals surface area contributed by atoms with Crippen molar-refractivity contribution in [1.29, 1.82) is 0 Å². The molecule has 0 saturated heterocycles. The third-order valence-corrected chi connectivity index (χ3v) is 2.46. The fourth-order valence-electron chi connectivity index (χ4n) is 1.38. The highest BCUT2D eigenvalue weighted by atomic mass is 16.4. The summed E-state index contributed by atoms with van der Waals surface area (Å²) >= 11 is 0. The summed E-state index contributed by atoms with van der Waals surface area (Å²) in [4.78, 5) is 20.3. The number of aldehydes is 1. The third kappa shape index (κ3) is 8.93. The van der Waals surface area contributed by atoms with E-state index in [9.17, 15) is 9.59 Å². The van der Waals surface area contributed by atoms with E-state index >= 15 is 0 Å². The first kappa shape index (κ1) is 17.3. The lowest BCUT2D eigenvalue weighted by Crippen LogP contribution is -2.29. The summed E-state index contributed by atoms with van der Waals surface area (Å²) < 4.78 is 0. The van der Waals surface area contributed by atoms with Crippen molar-refractivity contribution < 1.29 is 14.7 Å². The number of hydrogen-bond donors (Lipinski definition) is 3. The summed E-state index contributed by atoms with van der Waals surface area (Å²) in [5.74, 6) is -0.933. The smallest absolute Gasteiger partial charge is 0.320 e. The zero-order chi connectivity index (χ0) is 14.7. The molecule has 1 rings (SSSR count). The number of carbonyl (C=O) groups is 2. The van der Waals surface area contributed by atoms with Gasteiger partial charge in [-0.15, -0.1) is 0 Å². The Bertz CT molecular complexity index is 394. The molecule has 1 atom stereocenters. The van der Waals surface area contributed by atoms with E-state index < -0.39 is 12.0 Å². The van der Waals surface area contributed by atoms with Gasteiger partial charge in [-0.2, -0.15) is 0 Å². The van der Waals surface area contributed by atoms with Crippen LogP contribution in [0, 0.1) is 6.92 Å². The standard InChI is InChI=1S/C8H8O.C6H14N2O2/c1-7-3-2-4-8(5-7)6-9;7-4-2-1-3-5(8)6(9)10/h2-6H,1H3;5H,1-4,7-8H2,(H,9,10). The zero-order valence-corrected chi connectivity index (χ0v) is 11.2. The molecule has 19 heavy (non-hydrogen) atoms. The zero-order valence-electron chi connectivity index (χ0n) is 11.2. The first-order valence-corrected chi connectivity index (χ1v) is 6.21. The molecule has 5 heteroatoms. The maximum absolute atomic E-state index is 10.2. The average Bonchev–Trinajstić information content (AvgIpc) is 2.39. The van der Waals surface area contributed by atoms with E-state index in [-0.39, 0.29) is 0 Å². The third-order valence-electron chi connectivity index (χ3n) is 2.46. The fourth-order valence-corrected chi connectivity index (χ4v) is 1.38. The lowest BCUT2D eigenvalue weighted by atomic mass is 10.1. The van der Waals surface area contributed by atoms with Crippen LogP contribution in [0.2, 0.25) is 0 Å². The van der Waals surface area contributed by atoms with E-state index in [0.29, 0.717) is 13.0 Å². The number of benzene rings is 1. The Balaban J connectivity index is 0.000000342. The highest BCUT2D eigenvalue weighted by molar-refractivity contribution is 5.74. The van der Waals surface area contributed by atoms with Crippen LogP contribution < -0.4 is 11.5 Å². The SMILES string of the molecule is Cc1cccc(C=O)c1.NCCCCC(N)C(=O)O. The van der Waals surface area contributed by atoms with E-state index in [0.717, 1.165) is 30.3 Å². The summed E-state index contributed by atoms with van der Waals surface area (Å²) in [6.45, 7) is 2.57. The average molecular weight is 266 g/mol. The van der Waals surface area contributed by atoms with Crippen molar-refractivity contribution in [3.63, 3.8) is 0 Å². The van der Waals surface area contributed by atoms with Gasteiger partial charge in [-0.05, 0) is 32.4 Å². The van der Waals surface area contributed by atoms with E-state index in [4.69, 9.17) is 16.6 Å². The maximum Gasteiger partial charge on any atom is 0.320 e. The molecule has 0 spiro atoms. The Morgan fingerprint density at radius 1 is 1.42 bits per heavy atom. The molecule has 0 aromatic heterocycles. The number of aliphatic carboxylic acids is 1. The number of nitrogens with two attached hydrogens (primary N) is 2. The van der Waals surface area contributed by atoms with Gasteiger partial charge in [0.25, 0.3) is 0 Å². The van der Waals surface area contributed by atoms with Gasteiger partial charge in [0.1, 0.15) is 12.3 Å². The topological polar surface area (TPSA) is 106 Å². The number of aryl methyl sites for hydroxylation is 1. The second-order valence-electron chi connectivity index (χ2n) is 4.26.